The molecule has 1 aliphatic heterocycles. The highest BCUT2D eigenvalue weighted by Crippen LogP contribution is 2.11. The molecule has 0 aromatic heterocycles. The van der Waals surface area contributed by atoms with Crippen molar-refractivity contribution in [1.29, 1.82) is 0 Å². The molecule has 0 aromatic rings. The Kier molecular flexibility index (Phi) is 2.90. The van der Waals surface area contributed by atoms with Gasteiger partial charge in [-0.3, -0.25) is 0 Å². The van der Waals surface area contributed by atoms with Gasteiger partial charge in [-0.2, -0.15) is 0 Å². The van der Waals surface area contributed by atoms with E-state index in [-0.39, 0.29) is 6.29 Å². The van der Waals surface area contributed by atoms with Gasteiger partial charge in [0.2, 0.25) is 0 Å². The smallest absolute Gasteiger partial charge is 0.177 e. The lowest BCUT2D eigenvalue weighted by atomic mass is 10.2. The lowest BCUT2D eigenvalue weighted by Gasteiger charge is -2.22. The van der Waals surface area contributed by atoms with E-state index in [4.69, 9.17) is 9.47 Å². The third-order valence-electron chi connectivity index (χ3n) is 1.46. The molecule has 2 atom stereocenters. The highest BCUT2D eigenvalue weighted by molar-refractivity contribution is 4.91. The highest BCUT2D eigenvalue weighted by Gasteiger charge is 2.12. The van der Waals surface area contributed by atoms with Gasteiger partial charge in [0.05, 0.1) is 6.10 Å². The molecule has 0 aromatic carbocycles. The van der Waals surface area contributed by atoms with Gasteiger partial charge in [0, 0.05) is 6.61 Å². The largest absolute Gasteiger partial charge is 0.349 e. The van der Waals surface area contributed by atoms with Crippen LogP contribution in [0.15, 0.2) is 12.2 Å². The van der Waals surface area contributed by atoms with E-state index in [1.807, 2.05) is 13.0 Å². The molecule has 0 spiro atoms. The van der Waals surface area contributed by atoms with Gasteiger partial charge in [-0.05, 0) is 26.3 Å². The van der Waals surface area contributed by atoms with Crippen molar-refractivity contribution in [2.24, 2.45) is 0 Å². The van der Waals surface area contributed by atoms with Gasteiger partial charge in [0.25, 0.3) is 0 Å². The second-order valence-corrected chi connectivity index (χ2v) is 2.43. The summed E-state index contributed by atoms with van der Waals surface area (Å²) < 4.78 is 10.7. The van der Waals surface area contributed by atoms with Crippen molar-refractivity contribution in [3.05, 3.63) is 12.2 Å². The Morgan fingerprint density at radius 1 is 1.70 bits per heavy atom. The maximum absolute atomic E-state index is 5.42. The lowest BCUT2D eigenvalue weighted by Crippen LogP contribution is -2.23. The molecule has 58 valence electrons. The minimum absolute atomic E-state index is 0.103. The summed E-state index contributed by atoms with van der Waals surface area (Å²) in [6.45, 7) is 4.73. The number of hydrogen-bond donors (Lipinski definition) is 0. The summed E-state index contributed by atoms with van der Waals surface area (Å²) in [6, 6.07) is 0. The standard InChI is InChI=1S/C8H14O2/c1-3-9-8-6-4-5-7(2)10-8/h4,6-8H,3,5H2,1-2H3/t7-,8+/m0/s1. The van der Waals surface area contributed by atoms with Gasteiger partial charge in [-0.1, -0.05) is 6.08 Å². The van der Waals surface area contributed by atoms with Crippen LogP contribution in [0.5, 0.6) is 0 Å². The highest BCUT2D eigenvalue weighted by atomic mass is 16.7. The first-order chi connectivity index (χ1) is 4.83. The minimum Gasteiger partial charge on any atom is -0.349 e. The molecular formula is C8H14O2. The quantitative estimate of drug-likeness (QED) is 0.546. The molecule has 0 radical (unpaired) electrons. The molecule has 0 bridgehead atoms. The van der Waals surface area contributed by atoms with Crippen molar-refractivity contribution in [2.75, 3.05) is 6.61 Å². The third-order valence-corrected chi connectivity index (χ3v) is 1.46. The molecule has 0 saturated heterocycles. The van der Waals surface area contributed by atoms with Crippen molar-refractivity contribution in [3.63, 3.8) is 0 Å². The summed E-state index contributed by atoms with van der Waals surface area (Å²) in [5.74, 6) is 0. The molecular weight excluding hydrogens is 128 g/mol. The number of hydrogen-bond acceptors (Lipinski definition) is 2. The summed E-state index contributed by atoms with van der Waals surface area (Å²) in [5.41, 5.74) is 0. The van der Waals surface area contributed by atoms with Crippen LogP contribution in [-0.4, -0.2) is 19.0 Å². The molecule has 1 aliphatic rings. The van der Waals surface area contributed by atoms with Gasteiger partial charge in [-0.25, -0.2) is 0 Å². The van der Waals surface area contributed by atoms with Crippen LogP contribution in [0, 0.1) is 0 Å². The van der Waals surface area contributed by atoms with E-state index in [2.05, 4.69) is 13.0 Å². The molecule has 1 rings (SSSR count). The fourth-order valence-corrected chi connectivity index (χ4v) is 0.970. The zero-order valence-corrected chi connectivity index (χ0v) is 6.54. The molecule has 0 fully saturated rings. The summed E-state index contributed by atoms with van der Waals surface area (Å²) >= 11 is 0. The average molecular weight is 142 g/mol. The Hall–Kier alpha value is -0.340. The first kappa shape index (κ1) is 7.76. The van der Waals surface area contributed by atoms with Gasteiger partial charge in [0.1, 0.15) is 0 Å². The summed E-state index contributed by atoms with van der Waals surface area (Å²) in [5, 5.41) is 0. The maximum atomic E-state index is 5.42. The second-order valence-electron chi connectivity index (χ2n) is 2.43. The van der Waals surface area contributed by atoms with Crippen LogP contribution in [0.25, 0.3) is 0 Å². The second kappa shape index (κ2) is 3.74. The molecule has 0 N–H and O–H groups in total. The van der Waals surface area contributed by atoms with Crippen LogP contribution in [0.3, 0.4) is 0 Å². The molecule has 0 amide bonds. The van der Waals surface area contributed by atoms with E-state index in [1.54, 1.807) is 0 Å². The molecule has 10 heavy (non-hydrogen) atoms. The molecule has 0 saturated carbocycles. The Balaban J connectivity index is 2.32. The zero-order chi connectivity index (χ0) is 7.40. The lowest BCUT2D eigenvalue weighted by molar-refractivity contribution is -0.139. The van der Waals surface area contributed by atoms with E-state index in [1.165, 1.54) is 0 Å². The Morgan fingerprint density at radius 3 is 3.10 bits per heavy atom. The van der Waals surface area contributed by atoms with Gasteiger partial charge < -0.3 is 9.47 Å². The monoisotopic (exact) mass is 142 g/mol. The van der Waals surface area contributed by atoms with Crippen LogP contribution in [0.2, 0.25) is 0 Å². The van der Waals surface area contributed by atoms with Crippen molar-refractivity contribution in [2.45, 2.75) is 32.7 Å². The van der Waals surface area contributed by atoms with E-state index >= 15 is 0 Å². The van der Waals surface area contributed by atoms with Crippen molar-refractivity contribution in [3.8, 4) is 0 Å². The van der Waals surface area contributed by atoms with Crippen molar-refractivity contribution >= 4 is 0 Å². The molecule has 2 nitrogen and oxygen atoms in total. The van der Waals surface area contributed by atoms with Crippen LogP contribution in [-0.2, 0) is 9.47 Å². The zero-order valence-electron chi connectivity index (χ0n) is 6.54. The van der Waals surface area contributed by atoms with E-state index in [9.17, 15) is 0 Å². The summed E-state index contributed by atoms with van der Waals surface area (Å²) in [6.07, 6.45) is 5.27. The number of ether oxygens (including phenoxy) is 2. The normalized spacial score (nSPS) is 32.6. The molecule has 1 heterocycles. The van der Waals surface area contributed by atoms with E-state index in [0.29, 0.717) is 12.7 Å². The van der Waals surface area contributed by atoms with Crippen molar-refractivity contribution < 1.29 is 9.47 Å². The Labute approximate surface area is 61.8 Å². The summed E-state index contributed by atoms with van der Waals surface area (Å²) in [7, 11) is 0. The van der Waals surface area contributed by atoms with E-state index < -0.39 is 0 Å². The summed E-state index contributed by atoms with van der Waals surface area (Å²) in [4.78, 5) is 0. The van der Waals surface area contributed by atoms with Crippen LogP contribution in [0.1, 0.15) is 20.3 Å². The average Bonchev–Trinajstić information content (AvgIpc) is 1.88. The Morgan fingerprint density at radius 2 is 2.50 bits per heavy atom. The molecule has 2 heteroatoms. The molecule has 0 unspecified atom stereocenters. The SMILES string of the molecule is CCO[C@H]1C=CC[C@H](C)O1. The maximum Gasteiger partial charge on any atom is 0.177 e. The Bertz CT molecular complexity index is 120. The number of rotatable bonds is 2. The predicted octanol–water partition coefficient (Wildman–Crippen LogP) is 1.71. The minimum atomic E-state index is -0.103. The van der Waals surface area contributed by atoms with Gasteiger partial charge in [-0.15, -0.1) is 0 Å². The third kappa shape index (κ3) is 2.12. The van der Waals surface area contributed by atoms with Gasteiger partial charge in [0.15, 0.2) is 6.29 Å². The first-order valence-electron chi connectivity index (χ1n) is 3.76. The van der Waals surface area contributed by atoms with Crippen LogP contribution < -0.4 is 0 Å². The van der Waals surface area contributed by atoms with Crippen molar-refractivity contribution in [1.82, 2.24) is 0 Å². The topological polar surface area (TPSA) is 18.5 Å². The van der Waals surface area contributed by atoms with Gasteiger partial charge >= 0.3 is 0 Å². The van der Waals surface area contributed by atoms with Crippen LogP contribution >= 0.6 is 0 Å². The fraction of sp³-hybridized carbons (Fsp3) is 0.750. The first-order valence-corrected chi connectivity index (χ1v) is 3.76. The van der Waals surface area contributed by atoms with E-state index in [0.717, 1.165) is 6.42 Å². The van der Waals surface area contributed by atoms with Crippen LogP contribution in [0.4, 0.5) is 0 Å². The predicted molar refractivity (Wildman–Crippen MR) is 39.7 cm³/mol. The fourth-order valence-electron chi connectivity index (χ4n) is 0.970. The molecule has 0 aliphatic carbocycles.